The van der Waals surface area contributed by atoms with Crippen molar-refractivity contribution in [3.63, 3.8) is 0 Å². The van der Waals surface area contributed by atoms with E-state index in [1.165, 1.54) is 21.8 Å². The Morgan fingerprint density at radius 1 is 1.15 bits per heavy atom. The molecule has 13 heteroatoms. The maximum atomic E-state index is 13.3. The second-order valence-electron chi connectivity index (χ2n) is 9.98. The van der Waals surface area contributed by atoms with Crippen LogP contribution >= 0.6 is 11.3 Å². The van der Waals surface area contributed by atoms with Crippen molar-refractivity contribution >= 4 is 35.0 Å². The predicted octanol–water partition coefficient (Wildman–Crippen LogP) is 3.13. The molecule has 5 aromatic rings. The summed E-state index contributed by atoms with van der Waals surface area (Å²) in [7, 11) is 1.60. The molecule has 204 valence electrons. The van der Waals surface area contributed by atoms with Gasteiger partial charge in [-0.05, 0) is 58.0 Å². The van der Waals surface area contributed by atoms with Crippen molar-refractivity contribution in [2.45, 2.75) is 32.7 Å². The minimum absolute atomic E-state index is 0.0200. The molecule has 1 aromatic carbocycles. The lowest BCUT2D eigenvalue weighted by atomic mass is 9.90. The second-order valence-corrected chi connectivity index (χ2v) is 11.0. The van der Waals surface area contributed by atoms with E-state index < -0.39 is 17.3 Å². The highest BCUT2D eigenvalue weighted by atomic mass is 32.1. The van der Waals surface area contributed by atoms with Crippen molar-refractivity contribution in [3.8, 4) is 22.1 Å². The SMILES string of the molecule is COc1ccc(Cn2nnnc2C=Cc2c(O)nc3cc(-c4sc(C(N)=O)nc4C(C)(C)C)ccn3c2=O)cc1. The molecule has 0 aliphatic heterocycles. The molecule has 0 aliphatic carbocycles. The average molecular weight is 559 g/mol. The zero-order chi connectivity index (χ0) is 28.6. The van der Waals surface area contributed by atoms with Gasteiger partial charge in [-0.2, -0.15) is 4.98 Å². The molecule has 4 aromatic heterocycles. The highest BCUT2D eigenvalue weighted by molar-refractivity contribution is 7.17. The van der Waals surface area contributed by atoms with Crippen LogP contribution in [0.1, 0.15) is 53.2 Å². The van der Waals surface area contributed by atoms with E-state index in [4.69, 9.17) is 10.5 Å². The van der Waals surface area contributed by atoms with Gasteiger partial charge < -0.3 is 15.6 Å². The number of rotatable bonds is 7. The second kappa shape index (κ2) is 10.3. The average Bonchev–Trinajstić information content (AvgIpc) is 3.56. The van der Waals surface area contributed by atoms with Crippen LogP contribution in [0.2, 0.25) is 0 Å². The van der Waals surface area contributed by atoms with Gasteiger partial charge in [-0.1, -0.05) is 32.9 Å². The first-order valence-corrected chi connectivity index (χ1v) is 13.0. The number of ether oxygens (including phenoxy) is 1. The van der Waals surface area contributed by atoms with Crippen LogP contribution in [0.5, 0.6) is 11.6 Å². The third-order valence-electron chi connectivity index (χ3n) is 6.11. The number of carbonyl (C=O) groups excluding carboxylic acids is 1. The number of tetrazole rings is 1. The lowest BCUT2D eigenvalue weighted by molar-refractivity contribution is 0.0999. The van der Waals surface area contributed by atoms with Crippen LogP contribution in [0.25, 0.3) is 28.2 Å². The number of hydrogen-bond donors (Lipinski definition) is 2. The van der Waals surface area contributed by atoms with Gasteiger partial charge >= 0.3 is 0 Å². The van der Waals surface area contributed by atoms with Gasteiger partial charge in [0, 0.05) is 11.6 Å². The molecule has 0 saturated heterocycles. The Kier molecular flexibility index (Phi) is 6.90. The van der Waals surface area contributed by atoms with Crippen LogP contribution in [0.3, 0.4) is 0 Å². The molecule has 0 bridgehead atoms. The summed E-state index contributed by atoms with van der Waals surface area (Å²) in [5.74, 6) is 0.0801. The Morgan fingerprint density at radius 2 is 1.90 bits per heavy atom. The molecule has 5 rings (SSSR count). The van der Waals surface area contributed by atoms with Gasteiger partial charge in [0.2, 0.25) is 5.88 Å². The van der Waals surface area contributed by atoms with E-state index in [1.54, 1.807) is 36.2 Å². The summed E-state index contributed by atoms with van der Waals surface area (Å²) in [4.78, 5) is 34.5. The molecule has 0 fully saturated rings. The molecular weight excluding hydrogens is 532 g/mol. The third-order valence-corrected chi connectivity index (χ3v) is 7.22. The van der Waals surface area contributed by atoms with Gasteiger partial charge in [-0.3, -0.25) is 14.0 Å². The summed E-state index contributed by atoms with van der Waals surface area (Å²) in [5, 5.41) is 22.6. The molecule has 0 atom stereocenters. The van der Waals surface area contributed by atoms with Crippen LogP contribution in [-0.2, 0) is 12.0 Å². The fraction of sp³-hybridized carbons (Fsp3) is 0.222. The Labute approximate surface area is 232 Å². The molecule has 1 amide bonds. The number of aromatic hydroxyl groups is 1. The summed E-state index contributed by atoms with van der Waals surface area (Å²) in [6.45, 7) is 6.35. The van der Waals surface area contributed by atoms with E-state index in [9.17, 15) is 14.7 Å². The number of amides is 1. The Balaban J connectivity index is 1.48. The minimum atomic E-state index is -0.610. The first-order valence-electron chi connectivity index (χ1n) is 12.2. The lowest BCUT2D eigenvalue weighted by Crippen LogP contribution is -2.18. The van der Waals surface area contributed by atoms with Crippen molar-refractivity contribution in [1.29, 1.82) is 0 Å². The summed E-state index contributed by atoms with van der Waals surface area (Å²) < 4.78 is 8.08. The normalized spacial score (nSPS) is 11.9. The van der Waals surface area contributed by atoms with Crippen molar-refractivity contribution < 1.29 is 14.6 Å². The molecule has 0 aliphatic rings. The van der Waals surface area contributed by atoms with Gasteiger partial charge in [-0.25, -0.2) is 9.67 Å². The van der Waals surface area contributed by atoms with Gasteiger partial charge in [0.25, 0.3) is 11.5 Å². The molecule has 0 radical (unpaired) electrons. The van der Waals surface area contributed by atoms with Crippen molar-refractivity contribution in [3.05, 3.63) is 80.6 Å². The van der Waals surface area contributed by atoms with E-state index in [1.807, 2.05) is 45.0 Å². The van der Waals surface area contributed by atoms with Crippen molar-refractivity contribution in [1.82, 2.24) is 34.6 Å². The van der Waals surface area contributed by atoms with Crippen LogP contribution in [0, 0.1) is 0 Å². The van der Waals surface area contributed by atoms with E-state index >= 15 is 0 Å². The number of hydrogen-bond acceptors (Lipinski definition) is 10. The largest absolute Gasteiger partial charge is 0.497 e. The number of benzene rings is 1. The number of nitrogens with zero attached hydrogens (tertiary/aromatic N) is 7. The number of methoxy groups -OCH3 is 1. The number of pyridine rings is 1. The van der Waals surface area contributed by atoms with Crippen molar-refractivity contribution in [2.75, 3.05) is 7.11 Å². The predicted molar refractivity (Wildman–Crippen MR) is 150 cm³/mol. The van der Waals surface area contributed by atoms with E-state index in [-0.39, 0.29) is 21.6 Å². The van der Waals surface area contributed by atoms with Gasteiger partial charge in [-0.15, -0.1) is 16.4 Å². The van der Waals surface area contributed by atoms with Gasteiger partial charge in [0.1, 0.15) is 17.0 Å². The molecule has 4 heterocycles. The maximum Gasteiger partial charge on any atom is 0.277 e. The number of primary amides is 1. The minimum Gasteiger partial charge on any atom is -0.497 e. The zero-order valence-electron chi connectivity index (χ0n) is 22.2. The summed E-state index contributed by atoms with van der Waals surface area (Å²) >= 11 is 1.18. The van der Waals surface area contributed by atoms with Crippen LogP contribution in [-0.4, -0.2) is 52.7 Å². The first-order chi connectivity index (χ1) is 19.0. The van der Waals surface area contributed by atoms with E-state index in [0.717, 1.165) is 16.2 Å². The lowest BCUT2D eigenvalue weighted by Gasteiger charge is -2.17. The Morgan fingerprint density at radius 3 is 2.58 bits per heavy atom. The molecule has 0 saturated carbocycles. The van der Waals surface area contributed by atoms with Gasteiger partial charge in [0.05, 0.1) is 24.2 Å². The summed E-state index contributed by atoms with van der Waals surface area (Å²) in [6, 6.07) is 10.9. The van der Waals surface area contributed by atoms with E-state index in [2.05, 4.69) is 25.5 Å². The first kappa shape index (κ1) is 26.7. The number of nitrogens with two attached hydrogens (primary N) is 1. The summed E-state index contributed by atoms with van der Waals surface area (Å²) in [6.07, 6.45) is 4.54. The highest BCUT2D eigenvalue weighted by Crippen LogP contribution is 2.37. The quantitative estimate of drug-likeness (QED) is 0.305. The zero-order valence-corrected chi connectivity index (χ0v) is 23.0. The van der Waals surface area contributed by atoms with Crippen LogP contribution in [0.15, 0.2) is 47.4 Å². The number of carbonyl (C=O) groups is 1. The number of fused-ring (bicyclic) bond motifs is 1. The van der Waals surface area contributed by atoms with E-state index in [0.29, 0.717) is 23.6 Å². The maximum absolute atomic E-state index is 13.3. The highest BCUT2D eigenvalue weighted by Gasteiger charge is 2.26. The molecule has 3 N–H and O–H groups in total. The standard InChI is InChI=1S/C27H26N8O4S/c1-27(2,3)22-21(40-25(30-22)23(28)36)16-11-12-34-20(13-16)29-24(37)18(26(34)38)9-10-19-31-32-33-35(19)14-15-5-7-17(39-4)8-6-15/h5-13,37H,14H2,1-4H3,(H2,28,36). The smallest absolute Gasteiger partial charge is 0.277 e. The van der Waals surface area contributed by atoms with Crippen molar-refractivity contribution in [2.24, 2.45) is 5.73 Å². The molecule has 40 heavy (non-hydrogen) atoms. The van der Waals surface area contributed by atoms with Gasteiger partial charge in [0.15, 0.2) is 10.8 Å². The molecular formula is C27H26N8O4S. The molecule has 0 unspecified atom stereocenters. The number of thiazole rings is 1. The third kappa shape index (κ3) is 5.18. The Bertz CT molecular complexity index is 1810. The Hall–Kier alpha value is -4.91. The molecule has 0 spiro atoms. The fourth-order valence-electron chi connectivity index (χ4n) is 4.06. The molecule has 12 nitrogen and oxygen atoms in total. The monoisotopic (exact) mass is 558 g/mol. The fourth-order valence-corrected chi connectivity index (χ4v) is 5.19. The number of aromatic nitrogens is 7. The van der Waals surface area contributed by atoms with Crippen LogP contribution in [0.4, 0.5) is 0 Å². The topological polar surface area (TPSA) is 163 Å². The van der Waals surface area contributed by atoms with Crippen LogP contribution < -0.4 is 16.0 Å². The summed E-state index contributed by atoms with van der Waals surface area (Å²) in [5.41, 5.74) is 7.20.